The molecule has 6 heteroatoms. The van der Waals surface area contributed by atoms with E-state index in [0.717, 1.165) is 22.7 Å². The highest BCUT2D eigenvalue weighted by Crippen LogP contribution is 2.29. The molecule has 94 valence electrons. The van der Waals surface area contributed by atoms with Crippen molar-refractivity contribution in [3.8, 4) is 0 Å². The second kappa shape index (κ2) is 4.68. The second-order valence-corrected chi connectivity index (χ2v) is 5.29. The summed E-state index contributed by atoms with van der Waals surface area (Å²) in [4.78, 5) is 27.2. The number of amides is 2. The van der Waals surface area contributed by atoms with Crippen molar-refractivity contribution < 1.29 is 9.59 Å². The van der Waals surface area contributed by atoms with E-state index in [9.17, 15) is 9.59 Å². The van der Waals surface area contributed by atoms with Crippen LogP contribution in [0.5, 0.6) is 0 Å². The Morgan fingerprint density at radius 3 is 2.79 bits per heavy atom. The first kappa shape index (κ1) is 12.2. The molecule has 19 heavy (non-hydrogen) atoms. The van der Waals surface area contributed by atoms with Crippen LogP contribution in [0.3, 0.4) is 0 Å². The number of para-hydroxylation sites is 1. The van der Waals surface area contributed by atoms with Gasteiger partial charge in [0.05, 0.1) is 10.4 Å². The summed E-state index contributed by atoms with van der Waals surface area (Å²) in [6.45, 7) is 0. The van der Waals surface area contributed by atoms with Gasteiger partial charge in [-0.3, -0.25) is 14.9 Å². The van der Waals surface area contributed by atoms with Gasteiger partial charge in [-0.2, -0.15) is 0 Å². The monoisotopic (exact) mass is 290 g/mol. The molecular weight excluding hydrogens is 284 g/mol. The third kappa shape index (κ3) is 2.34. The number of nitrogens with one attached hydrogen (secondary N) is 1. The van der Waals surface area contributed by atoms with Crippen LogP contribution in [0.1, 0.15) is 5.56 Å². The van der Waals surface area contributed by atoms with E-state index in [2.05, 4.69) is 10.3 Å². The van der Waals surface area contributed by atoms with Crippen molar-refractivity contribution in [3.05, 3.63) is 46.0 Å². The van der Waals surface area contributed by atoms with Crippen LogP contribution in [-0.2, 0) is 4.79 Å². The Morgan fingerprint density at radius 2 is 2.05 bits per heavy atom. The molecule has 1 fully saturated rings. The van der Waals surface area contributed by atoms with E-state index in [-0.39, 0.29) is 5.24 Å². The predicted octanol–water partition coefficient (Wildman–Crippen LogP) is 3.21. The van der Waals surface area contributed by atoms with E-state index in [0.29, 0.717) is 15.6 Å². The van der Waals surface area contributed by atoms with E-state index >= 15 is 0 Å². The zero-order valence-corrected chi connectivity index (χ0v) is 11.1. The van der Waals surface area contributed by atoms with E-state index in [1.807, 2.05) is 30.3 Å². The Morgan fingerprint density at radius 1 is 1.26 bits per heavy atom. The lowest BCUT2D eigenvalue weighted by Gasteiger charge is -2.02. The first-order chi connectivity index (χ1) is 9.13. The highest BCUT2D eigenvalue weighted by atomic mass is 35.5. The largest absolute Gasteiger partial charge is 0.290 e. The number of hydrogen-bond donors (Lipinski definition) is 1. The molecule has 3 rings (SSSR count). The van der Waals surface area contributed by atoms with Crippen molar-refractivity contribution in [2.24, 2.45) is 0 Å². The molecule has 1 aromatic carbocycles. The molecule has 0 atom stereocenters. The normalized spacial score (nSPS) is 17.2. The standard InChI is InChI=1S/C13H7ClN2O2S/c14-11-8(6-10-12(17)16-13(18)19-10)5-7-3-1-2-4-9(7)15-11/h1-6H,(H,16,17,18)/b10-6-. The van der Waals surface area contributed by atoms with Crippen LogP contribution in [-0.4, -0.2) is 16.1 Å². The van der Waals surface area contributed by atoms with Crippen molar-refractivity contribution in [1.82, 2.24) is 10.3 Å². The summed E-state index contributed by atoms with van der Waals surface area (Å²) >= 11 is 6.94. The Balaban J connectivity index is 2.10. The van der Waals surface area contributed by atoms with Gasteiger partial charge in [-0.15, -0.1) is 0 Å². The number of carbonyl (C=O) groups excluding carboxylic acids is 2. The number of hydrogen-bond acceptors (Lipinski definition) is 4. The first-order valence-electron chi connectivity index (χ1n) is 5.43. The number of halogens is 1. The Bertz CT molecular complexity index is 743. The van der Waals surface area contributed by atoms with Gasteiger partial charge in [-0.1, -0.05) is 29.8 Å². The number of imide groups is 1. The molecule has 0 aliphatic carbocycles. The molecule has 0 bridgehead atoms. The highest BCUT2D eigenvalue weighted by molar-refractivity contribution is 8.18. The van der Waals surface area contributed by atoms with Crippen LogP contribution in [0.15, 0.2) is 35.2 Å². The maximum Gasteiger partial charge on any atom is 0.290 e. The fraction of sp³-hybridized carbons (Fsp3) is 0. The summed E-state index contributed by atoms with van der Waals surface area (Å²) in [6.07, 6.45) is 1.58. The van der Waals surface area contributed by atoms with Gasteiger partial charge in [0, 0.05) is 10.9 Å². The molecule has 4 nitrogen and oxygen atoms in total. The lowest BCUT2D eigenvalue weighted by atomic mass is 10.1. The number of thioether (sulfide) groups is 1. The quantitative estimate of drug-likeness (QED) is 0.647. The third-order valence-corrected chi connectivity index (χ3v) is 3.75. The Hall–Kier alpha value is -1.85. The van der Waals surface area contributed by atoms with Crippen LogP contribution in [0.25, 0.3) is 17.0 Å². The summed E-state index contributed by atoms with van der Waals surface area (Å²) < 4.78 is 0. The minimum absolute atomic E-state index is 0.305. The summed E-state index contributed by atoms with van der Waals surface area (Å²) in [5.41, 5.74) is 1.40. The third-order valence-electron chi connectivity index (χ3n) is 2.63. The smallest absolute Gasteiger partial charge is 0.282 e. The number of benzene rings is 1. The first-order valence-corrected chi connectivity index (χ1v) is 6.63. The zero-order valence-electron chi connectivity index (χ0n) is 9.51. The van der Waals surface area contributed by atoms with Gasteiger partial charge in [0.1, 0.15) is 5.15 Å². The van der Waals surface area contributed by atoms with E-state index in [1.165, 1.54) is 0 Å². The van der Waals surface area contributed by atoms with Crippen molar-refractivity contribution in [3.63, 3.8) is 0 Å². The summed E-state index contributed by atoms with van der Waals surface area (Å²) in [5, 5.41) is 3.05. The van der Waals surface area contributed by atoms with Crippen LogP contribution >= 0.6 is 23.4 Å². The molecular formula is C13H7ClN2O2S. The maximum absolute atomic E-state index is 11.5. The van der Waals surface area contributed by atoms with Gasteiger partial charge in [0.2, 0.25) is 0 Å². The van der Waals surface area contributed by atoms with Crippen molar-refractivity contribution >= 4 is 51.5 Å². The minimum atomic E-state index is -0.403. The highest BCUT2D eigenvalue weighted by Gasteiger charge is 2.25. The predicted molar refractivity (Wildman–Crippen MR) is 75.9 cm³/mol. The molecule has 0 radical (unpaired) electrons. The summed E-state index contributed by atoms with van der Waals surface area (Å²) in [5.74, 6) is -0.403. The lowest BCUT2D eigenvalue weighted by molar-refractivity contribution is -0.115. The molecule has 0 unspecified atom stereocenters. The van der Waals surface area contributed by atoms with E-state index < -0.39 is 5.91 Å². The number of fused-ring (bicyclic) bond motifs is 1. The van der Waals surface area contributed by atoms with Gasteiger partial charge < -0.3 is 0 Å². The lowest BCUT2D eigenvalue weighted by Crippen LogP contribution is -2.17. The number of pyridine rings is 1. The summed E-state index contributed by atoms with van der Waals surface area (Å²) in [7, 11) is 0. The van der Waals surface area contributed by atoms with E-state index in [4.69, 9.17) is 11.6 Å². The molecule has 1 saturated heterocycles. The SMILES string of the molecule is O=C1NC(=O)/C(=C/c2cc3ccccc3nc2Cl)S1. The van der Waals surface area contributed by atoms with Crippen molar-refractivity contribution in [2.75, 3.05) is 0 Å². The number of nitrogens with zero attached hydrogens (tertiary/aromatic N) is 1. The number of carbonyl (C=O) groups is 2. The number of rotatable bonds is 1. The van der Waals surface area contributed by atoms with Crippen LogP contribution in [0.4, 0.5) is 4.79 Å². The minimum Gasteiger partial charge on any atom is -0.282 e. The molecule has 0 saturated carbocycles. The Labute approximate surface area is 117 Å². The molecule has 2 aromatic rings. The fourth-order valence-electron chi connectivity index (χ4n) is 1.77. The molecule has 0 spiro atoms. The van der Waals surface area contributed by atoms with Crippen LogP contribution in [0.2, 0.25) is 5.15 Å². The van der Waals surface area contributed by atoms with Crippen LogP contribution < -0.4 is 5.32 Å². The molecule has 2 amide bonds. The number of aromatic nitrogens is 1. The topological polar surface area (TPSA) is 59.1 Å². The Kier molecular flexibility index (Phi) is 3.00. The van der Waals surface area contributed by atoms with Gasteiger partial charge in [-0.05, 0) is 30.0 Å². The second-order valence-electron chi connectivity index (χ2n) is 3.91. The average Bonchev–Trinajstić information content (AvgIpc) is 2.69. The molecule has 1 aliphatic heterocycles. The van der Waals surface area contributed by atoms with Gasteiger partial charge in [-0.25, -0.2) is 4.98 Å². The fourth-order valence-corrected chi connectivity index (χ4v) is 2.65. The molecule has 1 aliphatic rings. The van der Waals surface area contributed by atoms with Crippen LogP contribution in [0, 0.1) is 0 Å². The zero-order chi connectivity index (χ0) is 13.4. The maximum atomic E-state index is 11.5. The molecule has 2 heterocycles. The van der Waals surface area contributed by atoms with Gasteiger partial charge >= 0.3 is 0 Å². The molecule has 1 aromatic heterocycles. The average molecular weight is 291 g/mol. The van der Waals surface area contributed by atoms with Gasteiger partial charge in [0.15, 0.2) is 0 Å². The molecule has 1 N–H and O–H groups in total. The summed E-state index contributed by atoms with van der Waals surface area (Å²) in [6, 6.07) is 9.39. The van der Waals surface area contributed by atoms with E-state index in [1.54, 1.807) is 6.08 Å². The van der Waals surface area contributed by atoms with Crippen molar-refractivity contribution in [1.29, 1.82) is 0 Å². The van der Waals surface area contributed by atoms with Crippen molar-refractivity contribution in [2.45, 2.75) is 0 Å². The van der Waals surface area contributed by atoms with Gasteiger partial charge in [0.25, 0.3) is 11.1 Å².